The van der Waals surface area contributed by atoms with Crippen molar-refractivity contribution >= 4 is 11.8 Å². The third-order valence-electron chi connectivity index (χ3n) is 3.25. The zero-order valence-corrected chi connectivity index (χ0v) is 10.3. The van der Waals surface area contributed by atoms with Crippen molar-refractivity contribution in [2.24, 2.45) is 0 Å². The van der Waals surface area contributed by atoms with E-state index in [0.717, 1.165) is 5.75 Å². The highest BCUT2D eigenvalue weighted by atomic mass is 32.2. The number of benzene rings is 2. The predicted octanol–water partition coefficient (Wildman–Crippen LogP) is 3.82. The molecule has 0 aliphatic heterocycles. The molecule has 1 N–H and O–H groups in total. The SMILES string of the molecule is Oc1ccc(SCC2Cc3ccccc32)cc1. The van der Waals surface area contributed by atoms with Crippen LogP contribution in [0, 0.1) is 0 Å². The molecule has 1 atom stereocenters. The van der Waals surface area contributed by atoms with E-state index in [0.29, 0.717) is 11.7 Å². The lowest BCUT2D eigenvalue weighted by atomic mass is 9.79. The summed E-state index contributed by atoms with van der Waals surface area (Å²) in [7, 11) is 0. The summed E-state index contributed by atoms with van der Waals surface area (Å²) < 4.78 is 0. The van der Waals surface area contributed by atoms with Gasteiger partial charge in [0.1, 0.15) is 5.75 Å². The van der Waals surface area contributed by atoms with Crippen molar-refractivity contribution in [3.05, 3.63) is 59.7 Å². The van der Waals surface area contributed by atoms with Crippen molar-refractivity contribution in [3.63, 3.8) is 0 Å². The maximum atomic E-state index is 9.21. The van der Waals surface area contributed by atoms with Crippen LogP contribution in [0.15, 0.2) is 53.4 Å². The van der Waals surface area contributed by atoms with E-state index in [1.165, 1.54) is 22.4 Å². The minimum atomic E-state index is 0.336. The average molecular weight is 242 g/mol. The smallest absolute Gasteiger partial charge is 0.115 e. The molecule has 0 radical (unpaired) electrons. The van der Waals surface area contributed by atoms with Gasteiger partial charge in [0.05, 0.1) is 0 Å². The van der Waals surface area contributed by atoms with Crippen LogP contribution in [0.3, 0.4) is 0 Å². The second-order valence-electron chi connectivity index (χ2n) is 4.40. The second-order valence-corrected chi connectivity index (χ2v) is 5.50. The molecule has 0 fully saturated rings. The third kappa shape index (κ3) is 2.18. The molecule has 1 aliphatic rings. The summed E-state index contributed by atoms with van der Waals surface area (Å²) in [6.07, 6.45) is 1.21. The van der Waals surface area contributed by atoms with Crippen molar-refractivity contribution in [2.75, 3.05) is 5.75 Å². The summed E-state index contributed by atoms with van der Waals surface area (Å²) in [6, 6.07) is 16.1. The average Bonchev–Trinajstić information content (AvgIpc) is 2.33. The van der Waals surface area contributed by atoms with E-state index in [4.69, 9.17) is 0 Å². The summed E-state index contributed by atoms with van der Waals surface area (Å²) in [5.41, 5.74) is 3.02. The van der Waals surface area contributed by atoms with E-state index in [-0.39, 0.29) is 0 Å². The molecule has 2 aromatic carbocycles. The molecule has 3 rings (SSSR count). The minimum Gasteiger partial charge on any atom is -0.508 e. The van der Waals surface area contributed by atoms with Gasteiger partial charge in [0, 0.05) is 10.6 Å². The molecule has 0 heterocycles. The number of thioether (sulfide) groups is 1. The van der Waals surface area contributed by atoms with Crippen LogP contribution in [-0.2, 0) is 6.42 Å². The summed E-state index contributed by atoms with van der Waals surface area (Å²) in [5, 5.41) is 9.21. The zero-order chi connectivity index (χ0) is 11.7. The molecule has 1 aliphatic carbocycles. The third-order valence-corrected chi connectivity index (χ3v) is 4.42. The van der Waals surface area contributed by atoms with Gasteiger partial charge in [0.15, 0.2) is 0 Å². The highest BCUT2D eigenvalue weighted by molar-refractivity contribution is 7.99. The Morgan fingerprint density at radius 2 is 1.82 bits per heavy atom. The van der Waals surface area contributed by atoms with Crippen molar-refractivity contribution in [1.29, 1.82) is 0 Å². The number of fused-ring (bicyclic) bond motifs is 1. The lowest BCUT2D eigenvalue weighted by Gasteiger charge is -2.29. The van der Waals surface area contributed by atoms with Crippen molar-refractivity contribution in [1.82, 2.24) is 0 Å². The van der Waals surface area contributed by atoms with E-state index in [1.807, 2.05) is 23.9 Å². The molecule has 0 saturated carbocycles. The number of phenolic OH excluding ortho intramolecular Hbond substituents is 1. The first-order chi connectivity index (χ1) is 8.33. The van der Waals surface area contributed by atoms with Gasteiger partial charge in [-0.2, -0.15) is 0 Å². The molecule has 86 valence electrons. The van der Waals surface area contributed by atoms with Gasteiger partial charge in [-0.05, 0) is 47.7 Å². The Kier molecular flexibility index (Phi) is 2.81. The van der Waals surface area contributed by atoms with Gasteiger partial charge in [-0.25, -0.2) is 0 Å². The van der Waals surface area contributed by atoms with Crippen LogP contribution >= 0.6 is 11.8 Å². The lowest BCUT2D eigenvalue weighted by Crippen LogP contribution is -2.18. The molecule has 17 heavy (non-hydrogen) atoms. The fraction of sp³-hybridized carbons (Fsp3) is 0.200. The lowest BCUT2D eigenvalue weighted by molar-refractivity contribution is 0.475. The van der Waals surface area contributed by atoms with Crippen LogP contribution in [0.5, 0.6) is 5.75 Å². The Bertz CT molecular complexity index is 519. The Hall–Kier alpha value is -1.41. The maximum Gasteiger partial charge on any atom is 0.115 e. The van der Waals surface area contributed by atoms with Crippen molar-refractivity contribution < 1.29 is 5.11 Å². The Morgan fingerprint density at radius 1 is 1.06 bits per heavy atom. The standard InChI is InChI=1S/C15H14OS/c16-13-5-7-14(8-6-13)17-10-12-9-11-3-1-2-4-15(11)12/h1-8,12,16H,9-10H2. The Morgan fingerprint density at radius 3 is 2.59 bits per heavy atom. The van der Waals surface area contributed by atoms with Crippen LogP contribution in [0.1, 0.15) is 17.0 Å². The predicted molar refractivity (Wildman–Crippen MR) is 71.7 cm³/mol. The normalized spacial score (nSPS) is 17.3. The largest absolute Gasteiger partial charge is 0.508 e. The van der Waals surface area contributed by atoms with Crippen molar-refractivity contribution in [2.45, 2.75) is 17.2 Å². The van der Waals surface area contributed by atoms with Gasteiger partial charge in [0.25, 0.3) is 0 Å². The Balaban J connectivity index is 1.62. The van der Waals surface area contributed by atoms with Gasteiger partial charge < -0.3 is 5.11 Å². The molecule has 0 spiro atoms. The number of hydrogen-bond donors (Lipinski definition) is 1. The van der Waals surface area contributed by atoms with Crippen LogP contribution < -0.4 is 0 Å². The molecule has 1 unspecified atom stereocenters. The fourth-order valence-electron chi connectivity index (χ4n) is 2.25. The summed E-state index contributed by atoms with van der Waals surface area (Å²) in [5.74, 6) is 2.16. The quantitative estimate of drug-likeness (QED) is 0.826. The molecular weight excluding hydrogens is 228 g/mol. The summed E-state index contributed by atoms with van der Waals surface area (Å²) in [4.78, 5) is 1.23. The zero-order valence-electron chi connectivity index (χ0n) is 9.47. The first kappa shape index (κ1) is 10.7. The van der Waals surface area contributed by atoms with Crippen LogP contribution in [-0.4, -0.2) is 10.9 Å². The van der Waals surface area contributed by atoms with E-state index in [1.54, 1.807) is 12.1 Å². The van der Waals surface area contributed by atoms with Crippen LogP contribution in [0.2, 0.25) is 0 Å². The fourth-order valence-corrected chi connectivity index (χ4v) is 3.27. The summed E-state index contributed by atoms with van der Waals surface area (Å²) in [6.45, 7) is 0. The maximum absolute atomic E-state index is 9.21. The molecule has 0 bridgehead atoms. The van der Waals surface area contributed by atoms with E-state index >= 15 is 0 Å². The molecule has 1 nitrogen and oxygen atoms in total. The van der Waals surface area contributed by atoms with Gasteiger partial charge in [0.2, 0.25) is 0 Å². The first-order valence-corrected chi connectivity index (χ1v) is 6.81. The first-order valence-electron chi connectivity index (χ1n) is 5.82. The Labute approximate surface area is 105 Å². The van der Waals surface area contributed by atoms with Crippen molar-refractivity contribution in [3.8, 4) is 5.75 Å². The van der Waals surface area contributed by atoms with Crippen LogP contribution in [0.25, 0.3) is 0 Å². The van der Waals surface area contributed by atoms with E-state index < -0.39 is 0 Å². The van der Waals surface area contributed by atoms with Gasteiger partial charge >= 0.3 is 0 Å². The number of hydrogen-bond acceptors (Lipinski definition) is 2. The minimum absolute atomic E-state index is 0.336. The molecule has 0 aromatic heterocycles. The van der Waals surface area contributed by atoms with E-state index in [9.17, 15) is 5.11 Å². The van der Waals surface area contributed by atoms with Gasteiger partial charge in [-0.15, -0.1) is 11.8 Å². The highest BCUT2D eigenvalue weighted by Gasteiger charge is 2.24. The number of aromatic hydroxyl groups is 1. The topological polar surface area (TPSA) is 20.2 Å². The van der Waals surface area contributed by atoms with Gasteiger partial charge in [-0.1, -0.05) is 24.3 Å². The highest BCUT2D eigenvalue weighted by Crippen LogP contribution is 2.38. The summed E-state index contributed by atoms with van der Waals surface area (Å²) >= 11 is 1.87. The molecule has 0 saturated heterocycles. The van der Waals surface area contributed by atoms with E-state index in [2.05, 4.69) is 24.3 Å². The van der Waals surface area contributed by atoms with Gasteiger partial charge in [-0.3, -0.25) is 0 Å². The monoisotopic (exact) mass is 242 g/mol. The molecular formula is C15H14OS. The molecule has 2 heteroatoms. The van der Waals surface area contributed by atoms with Crippen LogP contribution in [0.4, 0.5) is 0 Å². The number of rotatable bonds is 3. The molecule has 0 amide bonds. The molecule has 2 aromatic rings. The number of phenols is 1. The second kappa shape index (κ2) is 4.46.